The molecule has 0 aromatic heterocycles. The van der Waals surface area contributed by atoms with Gasteiger partial charge in [-0.2, -0.15) is 0 Å². The van der Waals surface area contributed by atoms with Crippen LogP contribution in [0, 0.1) is 0 Å². The lowest BCUT2D eigenvalue weighted by atomic mass is 9.99. The Balaban J connectivity index is 1.72. The molecule has 1 fully saturated rings. The topological polar surface area (TPSA) is 82.3 Å². The molecule has 0 radical (unpaired) electrons. The monoisotopic (exact) mass is 295 g/mol. The van der Waals surface area contributed by atoms with Gasteiger partial charge in [0.2, 0.25) is 0 Å². The first-order valence-electron chi connectivity index (χ1n) is 6.59. The van der Waals surface area contributed by atoms with Gasteiger partial charge in [0.05, 0.1) is 11.7 Å². The van der Waals surface area contributed by atoms with Crippen LogP contribution in [0.3, 0.4) is 0 Å². The predicted octanol–water partition coefficient (Wildman–Crippen LogP) is 0.182. The summed E-state index contributed by atoms with van der Waals surface area (Å²) in [7, 11) is 0. The van der Waals surface area contributed by atoms with Crippen LogP contribution >= 0.6 is 11.8 Å². The highest BCUT2D eigenvalue weighted by molar-refractivity contribution is 8.14. The Morgan fingerprint density at radius 1 is 1.15 bits per heavy atom. The third-order valence-electron chi connectivity index (χ3n) is 3.59. The van der Waals surface area contributed by atoms with E-state index >= 15 is 0 Å². The molecular formula is C14H17NO4S. The van der Waals surface area contributed by atoms with Crippen molar-refractivity contribution in [2.75, 3.05) is 6.61 Å². The second-order valence-electron chi connectivity index (χ2n) is 5.00. The normalized spacial score (nSPS) is 36.5. The summed E-state index contributed by atoms with van der Waals surface area (Å²) >= 11 is 1.46. The van der Waals surface area contributed by atoms with Crippen molar-refractivity contribution in [2.45, 2.75) is 36.2 Å². The summed E-state index contributed by atoms with van der Waals surface area (Å²) in [5.41, 5.74) is 0.815. The van der Waals surface area contributed by atoms with Crippen molar-refractivity contribution < 1.29 is 20.1 Å². The van der Waals surface area contributed by atoms with Gasteiger partial charge in [0.25, 0.3) is 0 Å². The molecule has 2 aliphatic rings. The molecule has 3 rings (SSSR count). The van der Waals surface area contributed by atoms with Crippen molar-refractivity contribution >= 4 is 16.8 Å². The van der Waals surface area contributed by atoms with Crippen molar-refractivity contribution in [1.82, 2.24) is 0 Å². The number of aliphatic hydroxyl groups is 3. The zero-order chi connectivity index (χ0) is 14.1. The third kappa shape index (κ3) is 2.62. The van der Waals surface area contributed by atoms with Gasteiger partial charge in [-0.1, -0.05) is 42.1 Å². The Morgan fingerprint density at radius 3 is 2.60 bits per heavy atom. The second kappa shape index (κ2) is 5.83. The molecule has 1 saturated heterocycles. The van der Waals surface area contributed by atoms with Gasteiger partial charge in [-0.3, -0.25) is 4.99 Å². The minimum absolute atomic E-state index is 0.309. The molecule has 2 aliphatic heterocycles. The Hall–Kier alpha value is -0.920. The fourth-order valence-electron chi connectivity index (χ4n) is 2.49. The second-order valence-corrected chi connectivity index (χ2v) is 6.17. The predicted molar refractivity (Wildman–Crippen MR) is 76.7 cm³/mol. The van der Waals surface area contributed by atoms with Crippen LogP contribution in [-0.4, -0.2) is 56.8 Å². The van der Waals surface area contributed by atoms with Gasteiger partial charge in [0.15, 0.2) is 0 Å². The van der Waals surface area contributed by atoms with Gasteiger partial charge in [-0.05, 0) is 5.56 Å². The molecule has 0 bridgehead atoms. The van der Waals surface area contributed by atoms with E-state index in [4.69, 9.17) is 9.84 Å². The fourth-order valence-corrected chi connectivity index (χ4v) is 3.75. The number of hydrogen-bond donors (Lipinski definition) is 3. The van der Waals surface area contributed by atoms with Crippen LogP contribution in [-0.2, 0) is 11.2 Å². The zero-order valence-corrected chi connectivity index (χ0v) is 11.6. The van der Waals surface area contributed by atoms with E-state index in [0.717, 1.165) is 10.6 Å². The van der Waals surface area contributed by atoms with Crippen molar-refractivity contribution in [3.8, 4) is 0 Å². The average molecular weight is 295 g/mol. The Kier molecular flexibility index (Phi) is 4.09. The fraction of sp³-hybridized carbons (Fsp3) is 0.500. The SMILES string of the molecule is OCC1O[C@@H]2SC(Cc3ccccc3)=N[C@@H]2[C@@H](O)[C@@H]1O. The van der Waals surface area contributed by atoms with Gasteiger partial charge >= 0.3 is 0 Å². The first kappa shape index (κ1) is 14.0. The number of thioether (sulfide) groups is 1. The Morgan fingerprint density at radius 2 is 1.90 bits per heavy atom. The van der Waals surface area contributed by atoms with E-state index in [9.17, 15) is 10.2 Å². The number of aliphatic hydroxyl groups excluding tert-OH is 3. The molecular weight excluding hydrogens is 278 g/mol. The summed E-state index contributed by atoms with van der Waals surface area (Å²) in [5, 5.41) is 30.0. The van der Waals surface area contributed by atoms with E-state index in [0.29, 0.717) is 6.42 Å². The van der Waals surface area contributed by atoms with Gasteiger partial charge < -0.3 is 20.1 Å². The molecule has 0 amide bonds. The molecule has 6 heteroatoms. The Labute approximate surface area is 121 Å². The smallest absolute Gasteiger partial charge is 0.134 e. The summed E-state index contributed by atoms with van der Waals surface area (Å²) in [4.78, 5) is 4.47. The van der Waals surface area contributed by atoms with Crippen LogP contribution in [0.25, 0.3) is 0 Å². The van der Waals surface area contributed by atoms with Crippen molar-refractivity contribution in [3.05, 3.63) is 35.9 Å². The highest BCUT2D eigenvalue weighted by Gasteiger charge is 2.47. The highest BCUT2D eigenvalue weighted by Crippen LogP contribution is 2.37. The van der Waals surface area contributed by atoms with Crippen molar-refractivity contribution in [2.24, 2.45) is 4.99 Å². The summed E-state index contributed by atoms with van der Waals surface area (Å²) < 4.78 is 5.60. The molecule has 5 nitrogen and oxygen atoms in total. The van der Waals surface area contributed by atoms with E-state index < -0.39 is 24.4 Å². The molecule has 1 aromatic carbocycles. The van der Waals surface area contributed by atoms with Crippen LogP contribution in [0.15, 0.2) is 35.3 Å². The molecule has 108 valence electrons. The van der Waals surface area contributed by atoms with Crippen molar-refractivity contribution in [1.29, 1.82) is 0 Å². The molecule has 20 heavy (non-hydrogen) atoms. The quantitative estimate of drug-likeness (QED) is 0.741. The lowest BCUT2D eigenvalue weighted by Gasteiger charge is -2.37. The Bertz CT molecular complexity index is 495. The highest BCUT2D eigenvalue weighted by atomic mass is 32.2. The van der Waals surface area contributed by atoms with Crippen LogP contribution in [0.4, 0.5) is 0 Å². The van der Waals surface area contributed by atoms with E-state index in [1.54, 1.807) is 0 Å². The molecule has 2 heterocycles. The standard InChI is InChI=1S/C14H17NO4S/c16-7-9-12(17)13(18)11-14(19-9)20-10(15-11)6-8-4-2-1-3-5-8/h1-5,9,11-14,16-18H,6-7H2/t9?,11-,12-,13-,14-/m1/s1. The summed E-state index contributed by atoms with van der Waals surface area (Å²) in [6, 6.07) is 9.49. The number of nitrogens with zero attached hydrogens (tertiary/aromatic N) is 1. The maximum atomic E-state index is 10.1. The van der Waals surface area contributed by atoms with Crippen LogP contribution in [0.5, 0.6) is 0 Å². The van der Waals surface area contributed by atoms with E-state index in [-0.39, 0.29) is 12.0 Å². The summed E-state index contributed by atoms with van der Waals surface area (Å²) in [6.45, 7) is -0.309. The van der Waals surface area contributed by atoms with E-state index in [1.165, 1.54) is 11.8 Å². The number of aliphatic imine (C=N–C) groups is 1. The third-order valence-corrected chi connectivity index (χ3v) is 4.74. The van der Waals surface area contributed by atoms with Crippen LogP contribution < -0.4 is 0 Å². The van der Waals surface area contributed by atoms with Gasteiger partial charge in [0, 0.05) is 6.42 Å². The van der Waals surface area contributed by atoms with Gasteiger partial charge in [-0.25, -0.2) is 0 Å². The molecule has 0 spiro atoms. The summed E-state index contributed by atoms with van der Waals surface area (Å²) in [6.07, 6.45) is -2.15. The minimum atomic E-state index is -1.10. The number of benzene rings is 1. The number of ether oxygens (including phenoxy) is 1. The average Bonchev–Trinajstić information content (AvgIpc) is 2.86. The molecule has 0 aliphatic carbocycles. The minimum Gasteiger partial charge on any atom is -0.394 e. The maximum absolute atomic E-state index is 10.1. The molecule has 3 N–H and O–H groups in total. The van der Waals surface area contributed by atoms with Crippen molar-refractivity contribution in [3.63, 3.8) is 0 Å². The lowest BCUT2D eigenvalue weighted by Crippen LogP contribution is -2.55. The number of hydrogen-bond acceptors (Lipinski definition) is 6. The molecule has 5 atom stereocenters. The zero-order valence-electron chi connectivity index (χ0n) is 10.8. The molecule has 0 saturated carbocycles. The lowest BCUT2D eigenvalue weighted by molar-refractivity contribution is -0.164. The van der Waals surface area contributed by atoms with Gasteiger partial charge in [-0.15, -0.1) is 0 Å². The van der Waals surface area contributed by atoms with E-state index in [1.807, 2.05) is 30.3 Å². The van der Waals surface area contributed by atoms with Gasteiger partial charge in [0.1, 0.15) is 29.8 Å². The van der Waals surface area contributed by atoms with Crippen LogP contribution in [0.2, 0.25) is 0 Å². The first-order valence-corrected chi connectivity index (χ1v) is 7.46. The number of rotatable bonds is 3. The van der Waals surface area contributed by atoms with Crippen LogP contribution in [0.1, 0.15) is 5.56 Å². The molecule has 1 unspecified atom stereocenters. The molecule has 1 aromatic rings. The summed E-state index contributed by atoms with van der Waals surface area (Å²) in [5.74, 6) is 0. The number of fused-ring (bicyclic) bond motifs is 1. The largest absolute Gasteiger partial charge is 0.394 e. The maximum Gasteiger partial charge on any atom is 0.134 e. The van der Waals surface area contributed by atoms with E-state index in [2.05, 4.69) is 4.99 Å². The first-order chi connectivity index (χ1) is 9.69.